The van der Waals surface area contributed by atoms with Crippen molar-refractivity contribution in [3.05, 3.63) is 24.5 Å². The summed E-state index contributed by atoms with van der Waals surface area (Å²) in [6.45, 7) is 4.53. The van der Waals surface area contributed by atoms with Crippen molar-refractivity contribution in [3.63, 3.8) is 0 Å². The molecule has 0 spiro atoms. The molecule has 3 aromatic rings. The number of aromatic nitrogens is 7. The number of fused-ring (bicyclic) bond motifs is 1. The van der Waals surface area contributed by atoms with Gasteiger partial charge in [0.2, 0.25) is 5.95 Å². The summed E-state index contributed by atoms with van der Waals surface area (Å²) >= 11 is 3.61. The molecule has 2 aliphatic heterocycles. The van der Waals surface area contributed by atoms with Crippen LogP contribution in [0.1, 0.15) is 44.7 Å². The van der Waals surface area contributed by atoms with Crippen molar-refractivity contribution in [3.8, 4) is 11.4 Å². The molecule has 0 bridgehead atoms. The Morgan fingerprint density at radius 3 is 2.71 bits per heavy atom. The first-order chi connectivity index (χ1) is 15.3. The van der Waals surface area contributed by atoms with Gasteiger partial charge < -0.3 is 4.90 Å². The second kappa shape index (κ2) is 8.12. The van der Waals surface area contributed by atoms with E-state index in [-0.39, 0.29) is 0 Å². The van der Waals surface area contributed by atoms with E-state index in [1.807, 2.05) is 30.1 Å². The third-order valence-corrected chi connectivity index (χ3v) is 8.56. The summed E-state index contributed by atoms with van der Waals surface area (Å²) in [7, 11) is 0. The highest BCUT2D eigenvalue weighted by molar-refractivity contribution is 8.00. The minimum Gasteiger partial charge on any atom is -0.341 e. The second-order valence-corrected chi connectivity index (χ2v) is 10.7. The third kappa shape index (κ3) is 3.73. The number of rotatable bonds is 6. The summed E-state index contributed by atoms with van der Waals surface area (Å²) in [6.07, 6.45) is 8.61. The molecule has 0 aromatic carbocycles. The molecule has 8 nitrogen and oxygen atoms in total. The minimum absolute atomic E-state index is 0.332. The van der Waals surface area contributed by atoms with Gasteiger partial charge in [-0.05, 0) is 43.7 Å². The predicted molar refractivity (Wildman–Crippen MR) is 123 cm³/mol. The summed E-state index contributed by atoms with van der Waals surface area (Å²) in [4.78, 5) is 6.70. The van der Waals surface area contributed by atoms with Crippen LogP contribution in [0.5, 0.6) is 0 Å². The number of pyridine rings is 1. The minimum atomic E-state index is 0.332. The molecule has 1 saturated carbocycles. The van der Waals surface area contributed by atoms with Crippen LogP contribution in [0.2, 0.25) is 0 Å². The van der Waals surface area contributed by atoms with Gasteiger partial charge in [-0.2, -0.15) is 0 Å². The first-order valence-electron chi connectivity index (χ1n) is 11.1. The lowest BCUT2D eigenvalue weighted by molar-refractivity contribution is 0.429. The maximum absolute atomic E-state index is 4.64. The van der Waals surface area contributed by atoms with E-state index in [1.165, 1.54) is 25.7 Å². The molecule has 0 N–H and O–H groups in total. The Hall–Kier alpha value is -2.07. The lowest BCUT2D eigenvalue weighted by Gasteiger charge is -2.31. The number of hydrogen-bond donors (Lipinski definition) is 0. The fourth-order valence-electron chi connectivity index (χ4n) is 4.38. The highest BCUT2D eigenvalue weighted by Crippen LogP contribution is 2.43. The van der Waals surface area contributed by atoms with Crippen LogP contribution in [0.15, 0.2) is 34.8 Å². The average Bonchev–Trinajstić information content (AvgIpc) is 3.22. The largest absolute Gasteiger partial charge is 0.341 e. The van der Waals surface area contributed by atoms with Gasteiger partial charge in [0.25, 0.3) is 0 Å². The molecule has 6 rings (SSSR count). The van der Waals surface area contributed by atoms with Crippen molar-refractivity contribution in [1.29, 1.82) is 0 Å². The lowest BCUT2D eigenvalue weighted by atomic mass is 10.00. The van der Waals surface area contributed by atoms with Gasteiger partial charge in [-0.25, -0.2) is 0 Å². The van der Waals surface area contributed by atoms with Gasteiger partial charge in [0.15, 0.2) is 16.1 Å². The van der Waals surface area contributed by atoms with Gasteiger partial charge in [0.05, 0.1) is 6.04 Å². The van der Waals surface area contributed by atoms with Crippen LogP contribution in [0.25, 0.3) is 11.4 Å². The number of anilines is 1. The Balaban J connectivity index is 1.22. The summed E-state index contributed by atoms with van der Waals surface area (Å²) in [5, 5.41) is 20.2. The molecule has 3 aliphatic rings. The second-order valence-electron chi connectivity index (χ2n) is 8.75. The molecule has 2 fully saturated rings. The van der Waals surface area contributed by atoms with E-state index in [1.54, 1.807) is 18.0 Å². The van der Waals surface area contributed by atoms with E-state index < -0.39 is 0 Å². The molecule has 1 saturated heterocycles. The molecule has 10 heteroatoms. The van der Waals surface area contributed by atoms with Crippen LogP contribution < -0.4 is 4.90 Å². The van der Waals surface area contributed by atoms with Crippen molar-refractivity contribution in [2.45, 2.75) is 55.0 Å². The number of piperidine rings is 1. The summed E-state index contributed by atoms with van der Waals surface area (Å²) < 4.78 is 4.69. The molecule has 31 heavy (non-hydrogen) atoms. The third-order valence-electron chi connectivity index (χ3n) is 6.38. The highest BCUT2D eigenvalue weighted by Gasteiger charge is 2.34. The zero-order valence-corrected chi connectivity index (χ0v) is 19.2. The molecule has 1 aliphatic carbocycles. The molecule has 1 unspecified atom stereocenters. The Kier molecular flexibility index (Phi) is 5.14. The van der Waals surface area contributed by atoms with E-state index in [2.05, 4.69) is 46.3 Å². The topological polar surface area (TPSA) is 77.6 Å². The molecular formula is C21H26N8S2. The Labute approximate surface area is 190 Å². The maximum Gasteiger partial charge on any atom is 0.228 e. The van der Waals surface area contributed by atoms with Crippen LogP contribution in [0.4, 0.5) is 5.95 Å². The normalized spacial score (nSPS) is 21.6. The monoisotopic (exact) mass is 454 g/mol. The first-order valence-corrected chi connectivity index (χ1v) is 13.1. The quantitative estimate of drug-likeness (QED) is 0.518. The molecule has 0 amide bonds. The van der Waals surface area contributed by atoms with Crippen LogP contribution in [-0.4, -0.2) is 59.1 Å². The van der Waals surface area contributed by atoms with E-state index in [9.17, 15) is 0 Å². The van der Waals surface area contributed by atoms with Crippen molar-refractivity contribution in [2.24, 2.45) is 5.92 Å². The van der Waals surface area contributed by atoms with Crippen LogP contribution >= 0.6 is 23.5 Å². The Bertz CT molecular complexity index is 1050. The molecule has 3 aromatic heterocycles. The highest BCUT2D eigenvalue weighted by atomic mass is 32.2. The van der Waals surface area contributed by atoms with Crippen molar-refractivity contribution in [1.82, 2.24) is 34.5 Å². The molecule has 0 radical (unpaired) electrons. The number of hydrogen-bond acceptors (Lipinski definition) is 8. The smallest absolute Gasteiger partial charge is 0.228 e. The molecule has 5 heterocycles. The summed E-state index contributed by atoms with van der Waals surface area (Å²) in [6, 6.07) is 4.90. The fraction of sp³-hybridized carbons (Fsp3) is 0.571. The molecular weight excluding hydrogens is 428 g/mol. The average molecular weight is 455 g/mol. The summed E-state index contributed by atoms with van der Waals surface area (Å²) in [5.74, 6) is 4.76. The fourth-order valence-corrected chi connectivity index (χ4v) is 6.69. The van der Waals surface area contributed by atoms with E-state index in [0.29, 0.717) is 12.1 Å². The van der Waals surface area contributed by atoms with Crippen LogP contribution in [0.3, 0.4) is 0 Å². The van der Waals surface area contributed by atoms with Gasteiger partial charge in [-0.3, -0.25) is 14.1 Å². The van der Waals surface area contributed by atoms with Crippen LogP contribution in [0, 0.1) is 5.92 Å². The van der Waals surface area contributed by atoms with Gasteiger partial charge in [-0.1, -0.05) is 30.4 Å². The van der Waals surface area contributed by atoms with E-state index >= 15 is 0 Å². The summed E-state index contributed by atoms with van der Waals surface area (Å²) in [5.41, 5.74) is 1.02. The molecule has 162 valence electrons. The Morgan fingerprint density at radius 2 is 1.94 bits per heavy atom. The Morgan fingerprint density at radius 1 is 1.06 bits per heavy atom. The number of thioether (sulfide) groups is 2. The molecule has 1 atom stereocenters. The maximum atomic E-state index is 4.64. The number of nitrogens with zero attached hydrogens (tertiary/aromatic N) is 8. The predicted octanol–water partition coefficient (Wildman–Crippen LogP) is 3.94. The lowest BCUT2D eigenvalue weighted by Crippen LogP contribution is -2.34. The van der Waals surface area contributed by atoms with Crippen molar-refractivity contribution < 1.29 is 0 Å². The van der Waals surface area contributed by atoms with E-state index in [4.69, 9.17) is 0 Å². The van der Waals surface area contributed by atoms with Gasteiger partial charge in [0.1, 0.15) is 0 Å². The standard InChI is InChI=1S/C21H26N8S2/c1-14-6-9-27(10-7-14)19-24-26-21(29(19)16-4-5-16)31-13-17-12-30-20-25-23-18(28(17)20)15-3-2-8-22-11-15/h2-3,8,11,14,16-17H,4-7,9-10,12-13H2,1H3. The SMILES string of the molecule is CC1CCN(c2nnc(SCC3CSc4nnc(-c5cccnc5)n43)n2C2CC2)CC1. The van der Waals surface area contributed by atoms with E-state index in [0.717, 1.165) is 58.2 Å². The van der Waals surface area contributed by atoms with Crippen LogP contribution in [-0.2, 0) is 0 Å². The van der Waals surface area contributed by atoms with Crippen molar-refractivity contribution in [2.75, 3.05) is 29.5 Å². The zero-order chi connectivity index (χ0) is 20.8. The van der Waals surface area contributed by atoms with Gasteiger partial charge >= 0.3 is 0 Å². The zero-order valence-electron chi connectivity index (χ0n) is 17.6. The van der Waals surface area contributed by atoms with Gasteiger partial charge in [-0.15, -0.1) is 20.4 Å². The first kappa shape index (κ1) is 19.6. The van der Waals surface area contributed by atoms with Gasteiger partial charge in [0, 0.05) is 48.6 Å². The van der Waals surface area contributed by atoms with Crippen molar-refractivity contribution >= 4 is 29.5 Å².